The number of thioether (sulfide) groups is 1. The molecule has 0 N–H and O–H groups in total. The Labute approximate surface area is 154 Å². The summed E-state index contributed by atoms with van der Waals surface area (Å²) in [6.45, 7) is 1.48. The van der Waals surface area contributed by atoms with Crippen LogP contribution < -0.4 is 0 Å². The summed E-state index contributed by atoms with van der Waals surface area (Å²) in [7, 11) is 0. The highest BCUT2D eigenvalue weighted by atomic mass is 32.2. The van der Waals surface area contributed by atoms with Gasteiger partial charge in [0.2, 0.25) is 0 Å². The van der Waals surface area contributed by atoms with Crippen molar-refractivity contribution in [2.24, 2.45) is 0 Å². The van der Waals surface area contributed by atoms with Gasteiger partial charge in [0, 0.05) is 16.8 Å². The highest BCUT2D eigenvalue weighted by molar-refractivity contribution is 7.98. The van der Waals surface area contributed by atoms with Gasteiger partial charge in [0.25, 0.3) is 0 Å². The fraction of sp³-hybridized carbons (Fsp3) is 0.188. The van der Waals surface area contributed by atoms with E-state index in [1.54, 1.807) is 17.4 Å². The third-order valence-electron chi connectivity index (χ3n) is 3.17. The number of hydrogen-bond donors (Lipinski definition) is 0. The molecule has 0 saturated heterocycles. The molecule has 0 bridgehead atoms. The van der Waals surface area contributed by atoms with Crippen molar-refractivity contribution in [3.05, 3.63) is 51.5 Å². The van der Waals surface area contributed by atoms with Gasteiger partial charge in [0.1, 0.15) is 16.1 Å². The molecule has 25 heavy (non-hydrogen) atoms. The van der Waals surface area contributed by atoms with Crippen molar-refractivity contribution in [2.75, 3.05) is 0 Å². The van der Waals surface area contributed by atoms with Gasteiger partial charge in [-0.2, -0.15) is 18.4 Å². The third kappa shape index (κ3) is 4.03. The van der Waals surface area contributed by atoms with Gasteiger partial charge < -0.3 is 0 Å². The molecule has 0 spiro atoms. The van der Waals surface area contributed by atoms with E-state index in [1.165, 1.54) is 18.3 Å². The van der Waals surface area contributed by atoms with Crippen molar-refractivity contribution in [3.63, 3.8) is 0 Å². The number of thiophene rings is 1. The average Bonchev–Trinajstić information content (AvgIpc) is 3.22. The molecule has 0 amide bonds. The second-order valence-electron chi connectivity index (χ2n) is 5.01. The number of hydrogen-bond acceptors (Lipinski definition) is 6. The monoisotopic (exact) mass is 397 g/mol. The van der Waals surface area contributed by atoms with Gasteiger partial charge in [-0.15, -0.1) is 22.7 Å². The molecule has 0 aromatic carbocycles. The lowest BCUT2D eigenvalue weighted by molar-refractivity contribution is -0.138. The molecule has 3 heterocycles. The maximum Gasteiger partial charge on any atom is 0.417 e. The largest absolute Gasteiger partial charge is 0.417 e. The number of halogens is 3. The van der Waals surface area contributed by atoms with Crippen LogP contribution in [0.1, 0.15) is 22.5 Å². The van der Waals surface area contributed by atoms with Crippen LogP contribution >= 0.6 is 34.4 Å². The summed E-state index contributed by atoms with van der Waals surface area (Å²) < 4.78 is 39.4. The summed E-state index contributed by atoms with van der Waals surface area (Å²) in [5, 5.41) is 14.0. The van der Waals surface area contributed by atoms with E-state index in [4.69, 9.17) is 5.26 Å². The highest BCUT2D eigenvalue weighted by Gasteiger charge is 2.35. The summed E-state index contributed by atoms with van der Waals surface area (Å²) in [6.07, 6.45) is -4.58. The van der Waals surface area contributed by atoms with Gasteiger partial charge in [-0.05, 0) is 24.4 Å². The van der Waals surface area contributed by atoms with Crippen molar-refractivity contribution in [2.45, 2.75) is 23.9 Å². The van der Waals surface area contributed by atoms with Crippen LogP contribution in [0.4, 0.5) is 13.2 Å². The summed E-state index contributed by atoms with van der Waals surface area (Å²) in [5.41, 5.74) is -0.398. The topological polar surface area (TPSA) is 49.6 Å². The van der Waals surface area contributed by atoms with Crippen LogP contribution in [0.15, 0.2) is 34.0 Å². The number of rotatable bonds is 4. The molecule has 3 aromatic heterocycles. The summed E-state index contributed by atoms with van der Waals surface area (Å²) in [4.78, 5) is 9.65. The van der Waals surface area contributed by atoms with E-state index >= 15 is 0 Å². The summed E-state index contributed by atoms with van der Waals surface area (Å²) in [6, 6.07) is 6.44. The average molecular weight is 397 g/mol. The molecule has 0 aliphatic rings. The molecule has 0 saturated carbocycles. The van der Waals surface area contributed by atoms with Gasteiger partial charge in [0.15, 0.2) is 0 Å². The SMILES string of the molecule is Cc1cc(C(F)(F)F)c(C#N)c(SCc2csc(-c3cccs3)n2)n1. The minimum atomic E-state index is -4.58. The zero-order chi connectivity index (χ0) is 18.0. The van der Waals surface area contributed by atoms with Crippen LogP contribution in [0, 0.1) is 18.3 Å². The van der Waals surface area contributed by atoms with Gasteiger partial charge in [0.05, 0.1) is 21.7 Å². The quantitative estimate of drug-likeness (QED) is 0.525. The summed E-state index contributed by atoms with van der Waals surface area (Å²) >= 11 is 4.15. The Hall–Kier alpha value is -1.89. The lowest BCUT2D eigenvalue weighted by atomic mass is 10.1. The molecule has 9 heteroatoms. The molecule has 3 nitrogen and oxygen atoms in total. The van der Waals surface area contributed by atoms with E-state index in [9.17, 15) is 13.2 Å². The molecule has 0 radical (unpaired) electrons. The summed E-state index contributed by atoms with van der Waals surface area (Å²) in [5.74, 6) is 0.351. The van der Waals surface area contributed by atoms with E-state index in [0.29, 0.717) is 5.75 Å². The minimum Gasteiger partial charge on any atom is -0.245 e. The van der Waals surface area contributed by atoms with Gasteiger partial charge in [-0.3, -0.25) is 0 Å². The Morgan fingerprint density at radius 1 is 1.28 bits per heavy atom. The van der Waals surface area contributed by atoms with Crippen LogP contribution in [-0.2, 0) is 11.9 Å². The van der Waals surface area contributed by atoms with Gasteiger partial charge >= 0.3 is 6.18 Å². The number of pyridine rings is 1. The first-order chi connectivity index (χ1) is 11.9. The smallest absolute Gasteiger partial charge is 0.245 e. The Bertz CT molecular complexity index is 924. The molecule has 0 fully saturated rings. The Kier molecular flexibility index (Phi) is 5.13. The zero-order valence-corrected chi connectivity index (χ0v) is 15.2. The number of aromatic nitrogens is 2. The first-order valence-electron chi connectivity index (χ1n) is 6.98. The Balaban J connectivity index is 1.84. The molecule has 3 aromatic rings. The first-order valence-corrected chi connectivity index (χ1v) is 9.73. The fourth-order valence-corrected chi connectivity index (χ4v) is 4.79. The van der Waals surface area contributed by atoms with Gasteiger partial charge in [-0.1, -0.05) is 17.8 Å². The maximum atomic E-state index is 13.1. The molecule has 0 aliphatic carbocycles. The molecule has 0 aliphatic heterocycles. The van der Waals surface area contributed by atoms with Crippen LogP contribution in [0.25, 0.3) is 9.88 Å². The van der Waals surface area contributed by atoms with Crippen molar-refractivity contribution in [1.82, 2.24) is 9.97 Å². The number of thiazole rings is 1. The Morgan fingerprint density at radius 3 is 2.72 bits per heavy atom. The maximum absolute atomic E-state index is 13.1. The molecule has 0 atom stereocenters. The number of nitriles is 1. The van der Waals surface area contributed by atoms with Crippen LogP contribution in [0.3, 0.4) is 0 Å². The van der Waals surface area contributed by atoms with Crippen molar-refractivity contribution in [1.29, 1.82) is 5.26 Å². The number of aryl methyl sites for hydroxylation is 1. The van der Waals surface area contributed by atoms with Crippen LogP contribution in [-0.4, -0.2) is 9.97 Å². The fourth-order valence-electron chi connectivity index (χ4n) is 2.11. The molecule has 128 valence electrons. The second kappa shape index (κ2) is 7.15. The molecule has 3 rings (SSSR count). The number of nitrogens with zero attached hydrogens (tertiary/aromatic N) is 3. The first kappa shape index (κ1) is 17.9. The minimum absolute atomic E-state index is 0.0838. The van der Waals surface area contributed by atoms with Crippen molar-refractivity contribution < 1.29 is 13.2 Å². The predicted molar refractivity (Wildman–Crippen MR) is 93.7 cm³/mol. The zero-order valence-electron chi connectivity index (χ0n) is 12.8. The van der Waals surface area contributed by atoms with Crippen molar-refractivity contribution >= 4 is 34.4 Å². The van der Waals surface area contributed by atoms with E-state index in [2.05, 4.69) is 9.97 Å². The Morgan fingerprint density at radius 2 is 2.08 bits per heavy atom. The standard InChI is InChI=1S/C16H10F3N3S3/c1-9-5-12(16(17,18)19)11(6-20)14(21-9)24-7-10-8-25-15(22-10)13-3-2-4-23-13/h2-5,8H,7H2,1H3. The third-order valence-corrected chi connectivity index (χ3v) is 6.11. The van der Waals surface area contributed by atoms with E-state index in [0.717, 1.165) is 33.4 Å². The lowest BCUT2D eigenvalue weighted by Gasteiger charge is -2.12. The van der Waals surface area contributed by atoms with Crippen molar-refractivity contribution in [3.8, 4) is 16.0 Å². The highest BCUT2D eigenvalue weighted by Crippen LogP contribution is 2.37. The van der Waals surface area contributed by atoms with Crippen LogP contribution in [0.2, 0.25) is 0 Å². The molecular formula is C16H10F3N3S3. The van der Waals surface area contributed by atoms with E-state index in [-0.39, 0.29) is 10.7 Å². The molecular weight excluding hydrogens is 387 g/mol. The lowest BCUT2D eigenvalue weighted by Crippen LogP contribution is -2.10. The van der Waals surface area contributed by atoms with Gasteiger partial charge in [-0.25, -0.2) is 9.97 Å². The molecule has 0 unspecified atom stereocenters. The van der Waals surface area contributed by atoms with E-state index < -0.39 is 17.3 Å². The number of alkyl halides is 3. The van der Waals surface area contributed by atoms with E-state index in [1.807, 2.05) is 22.9 Å². The predicted octanol–water partition coefficient (Wildman–Crippen LogP) is 5.76. The second-order valence-corrected chi connectivity index (χ2v) is 7.78. The van der Waals surface area contributed by atoms with Crippen LogP contribution in [0.5, 0.6) is 0 Å². The normalized spacial score (nSPS) is 11.5.